The highest BCUT2D eigenvalue weighted by molar-refractivity contribution is 7.99. The average molecular weight is 258 g/mol. The molecule has 0 amide bonds. The Labute approximate surface area is 112 Å². The molecule has 1 saturated heterocycles. The minimum atomic E-state index is 0.812. The molecular weight excluding hydrogens is 240 g/mol. The van der Waals surface area contributed by atoms with E-state index in [4.69, 9.17) is 0 Å². The van der Waals surface area contributed by atoms with E-state index in [1.807, 2.05) is 6.20 Å². The molecule has 18 heavy (non-hydrogen) atoms. The van der Waals surface area contributed by atoms with Crippen LogP contribution in [0.3, 0.4) is 0 Å². The Bertz CT molecular complexity index is 515. The zero-order chi connectivity index (χ0) is 12.2. The van der Waals surface area contributed by atoms with E-state index in [1.165, 1.54) is 35.1 Å². The van der Waals surface area contributed by atoms with Gasteiger partial charge in [-0.05, 0) is 41.7 Å². The van der Waals surface area contributed by atoms with Crippen LogP contribution in [0.4, 0.5) is 5.82 Å². The normalized spacial score (nSPS) is 16.9. The van der Waals surface area contributed by atoms with Gasteiger partial charge in [-0.3, -0.25) is 0 Å². The fourth-order valence-electron chi connectivity index (χ4n) is 2.45. The quantitative estimate of drug-likeness (QED) is 0.906. The largest absolute Gasteiger partial charge is 0.369 e. The summed E-state index contributed by atoms with van der Waals surface area (Å²) in [4.78, 5) is 4.47. The summed E-state index contributed by atoms with van der Waals surface area (Å²) >= 11 is 2.08. The van der Waals surface area contributed by atoms with Crippen molar-refractivity contribution in [3.8, 4) is 0 Å². The molecule has 0 unspecified atom stereocenters. The fraction of sp³-hybridized carbons (Fsp3) is 0.400. The number of anilines is 1. The van der Waals surface area contributed by atoms with Crippen molar-refractivity contribution in [3.05, 3.63) is 36.5 Å². The Morgan fingerprint density at radius 2 is 2.00 bits per heavy atom. The predicted molar refractivity (Wildman–Crippen MR) is 80.3 cm³/mol. The van der Waals surface area contributed by atoms with Gasteiger partial charge < -0.3 is 5.32 Å². The summed E-state index contributed by atoms with van der Waals surface area (Å²) in [7, 11) is 0. The molecule has 94 valence electrons. The molecular formula is C15H18N2S. The van der Waals surface area contributed by atoms with Gasteiger partial charge in [-0.25, -0.2) is 4.98 Å². The summed E-state index contributed by atoms with van der Waals surface area (Å²) in [5, 5.41) is 6.02. The molecule has 0 radical (unpaired) electrons. The third-order valence-corrected chi connectivity index (χ3v) is 4.62. The summed E-state index contributed by atoms with van der Waals surface area (Å²) in [5.41, 5.74) is 0. The Balaban J connectivity index is 1.74. The first-order chi connectivity index (χ1) is 8.93. The van der Waals surface area contributed by atoms with Crippen LogP contribution in [0, 0.1) is 5.92 Å². The predicted octanol–water partition coefficient (Wildman–Crippen LogP) is 3.79. The van der Waals surface area contributed by atoms with Crippen LogP contribution in [-0.2, 0) is 0 Å². The Hall–Kier alpha value is -1.22. The molecule has 2 heterocycles. The van der Waals surface area contributed by atoms with E-state index in [2.05, 4.69) is 52.4 Å². The van der Waals surface area contributed by atoms with Gasteiger partial charge in [-0.2, -0.15) is 11.8 Å². The first-order valence-electron chi connectivity index (χ1n) is 6.59. The summed E-state index contributed by atoms with van der Waals surface area (Å²) in [6, 6.07) is 10.5. The number of hydrogen-bond acceptors (Lipinski definition) is 3. The Morgan fingerprint density at radius 1 is 1.17 bits per heavy atom. The van der Waals surface area contributed by atoms with Crippen molar-refractivity contribution in [2.45, 2.75) is 12.8 Å². The van der Waals surface area contributed by atoms with Gasteiger partial charge in [0.15, 0.2) is 0 Å². The van der Waals surface area contributed by atoms with Gasteiger partial charge in [0.25, 0.3) is 0 Å². The van der Waals surface area contributed by atoms with Crippen molar-refractivity contribution in [2.24, 2.45) is 5.92 Å². The van der Waals surface area contributed by atoms with Crippen molar-refractivity contribution in [3.63, 3.8) is 0 Å². The number of thioether (sulfide) groups is 1. The standard InChI is InChI=1S/C15H18N2S/c1-2-4-14-13(3-1)5-8-16-15(14)17-11-12-6-9-18-10-7-12/h1-5,8,12H,6-7,9-11H2,(H,16,17). The lowest BCUT2D eigenvalue weighted by Crippen LogP contribution is -2.19. The van der Waals surface area contributed by atoms with Crippen LogP contribution in [0.1, 0.15) is 12.8 Å². The summed E-state index contributed by atoms with van der Waals surface area (Å²) in [5.74, 6) is 4.48. The topological polar surface area (TPSA) is 24.9 Å². The van der Waals surface area contributed by atoms with Crippen LogP contribution in [0.5, 0.6) is 0 Å². The fourth-order valence-corrected chi connectivity index (χ4v) is 3.66. The number of fused-ring (bicyclic) bond motifs is 1. The summed E-state index contributed by atoms with van der Waals surface area (Å²) in [6.07, 6.45) is 4.56. The Morgan fingerprint density at radius 3 is 2.89 bits per heavy atom. The molecule has 0 saturated carbocycles. The number of rotatable bonds is 3. The number of nitrogens with zero attached hydrogens (tertiary/aromatic N) is 1. The summed E-state index contributed by atoms with van der Waals surface area (Å²) in [6.45, 7) is 1.06. The lowest BCUT2D eigenvalue weighted by Gasteiger charge is -2.22. The van der Waals surface area contributed by atoms with Crippen molar-refractivity contribution in [1.82, 2.24) is 4.98 Å². The van der Waals surface area contributed by atoms with Crippen molar-refractivity contribution < 1.29 is 0 Å². The average Bonchev–Trinajstić information content (AvgIpc) is 2.46. The lowest BCUT2D eigenvalue weighted by atomic mass is 10.0. The third-order valence-electron chi connectivity index (χ3n) is 3.57. The van der Waals surface area contributed by atoms with E-state index in [1.54, 1.807) is 0 Å². The molecule has 1 N–H and O–H groups in total. The molecule has 2 aromatic rings. The van der Waals surface area contributed by atoms with Crippen molar-refractivity contribution in [1.29, 1.82) is 0 Å². The smallest absolute Gasteiger partial charge is 0.133 e. The molecule has 1 aromatic heterocycles. The van der Waals surface area contributed by atoms with Crippen LogP contribution in [0.25, 0.3) is 10.8 Å². The van der Waals surface area contributed by atoms with Gasteiger partial charge in [0, 0.05) is 18.1 Å². The molecule has 0 aliphatic carbocycles. The van der Waals surface area contributed by atoms with Crippen molar-refractivity contribution >= 4 is 28.4 Å². The zero-order valence-electron chi connectivity index (χ0n) is 10.4. The first kappa shape index (κ1) is 11.8. The maximum Gasteiger partial charge on any atom is 0.133 e. The van der Waals surface area contributed by atoms with E-state index in [-0.39, 0.29) is 0 Å². The number of aromatic nitrogens is 1. The van der Waals surface area contributed by atoms with E-state index in [9.17, 15) is 0 Å². The highest BCUT2D eigenvalue weighted by Crippen LogP contribution is 2.25. The highest BCUT2D eigenvalue weighted by Gasteiger charge is 2.13. The molecule has 1 aliphatic heterocycles. The molecule has 3 rings (SSSR count). The molecule has 0 spiro atoms. The van der Waals surface area contributed by atoms with Crippen LogP contribution >= 0.6 is 11.8 Å². The van der Waals surface area contributed by atoms with Gasteiger partial charge in [0.05, 0.1) is 0 Å². The van der Waals surface area contributed by atoms with Gasteiger partial charge in [0.1, 0.15) is 5.82 Å². The number of pyridine rings is 1. The van der Waals surface area contributed by atoms with Gasteiger partial charge >= 0.3 is 0 Å². The van der Waals surface area contributed by atoms with Gasteiger partial charge in [-0.1, -0.05) is 24.3 Å². The molecule has 1 fully saturated rings. The minimum Gasteiger partial charge on any atom is -0.369 e. The van der Waals surface area contributed by atoms with Crippen molar-refractivity contribution in [2.75, 3.05) is 23.4 Å². The molecule has 2 nitrogen and oxygen atoms in total. The Kier molecular flexibility index (Phi) is 3.69. The highest BCUT2D eigenvalue weighted by atomic mass is 32.2. The molecule has 1 aliphatic rings. The second-order valence-corrected chi connectivity index (χ2v) is 6.04. The van der Waals surface area contributed by atoms with E-state index in [0.717, 1.165) is 18.3 Å². The summed E-state index contributed by atoms with van der Waals surface area (Å²) < 4.78 is 0. The zero-order valence-corrected chi connectivity index (χ0v) is 11.2. The van der Waals surface area contributed by atoms with E-state index >= 15 is 0 Å². The first-order valence-corrected chi connectivity index (χ1v) is 7.74. The van der Waals surface area contributed by atoms with Gasteiger partial charge in [0.2, 0.25) is 0 Å². The van der Waals surface area contributed by atoms with E-state index in [0.29, 0.717) is 0 Å². The minimum absolute atomic E-state index is 0.812. The maximum atomic E-state index is 4.47. The van der Waals surface area contributed by atoms with Crippen LogP contribution in [0.2, 0.25) is 0 Å². The third kappa shape index (κ3) is 2.61. The molecule has 0 atom stereocenters. The number of benzene rings is 1. The maximum absolute atomic E-state index is 4.47. The van der Waals surface area contributed by atoms with E-state index < -0.39 is 0 Å². The van der Waals surface area contributed by atoms with Crippen LogP contribution < -0.4 is 5.32 Å². The lowest BCUT2D eigenvalue weighted by molar-refractivity contribution is 0.516. The van der Waals surface area contributed by atoms with Crippen LogP contribution in [0.15, 0.2) is 36.5 Å². The monoisotopic (exact) mass is 258 g/mol. The SMILES string of the molecule is c1ccc2c(NCC3CCSCC3)nccc2c1. The molecule has 0 bridgehead atoms. The van der Waals surface area contributed by atoms with Crippen LogP contribution in [-0.4, -0.2) is 23.0 Å². The van der Waals surface area contributed by atoms with Gasteiger partial charge in [-0.15, -0.1) is 0 Å². The number of nitrogens with one attached hydrogen (secondary N) is 1. The molecule has 3 heteroatoms. The second kappa shape index (κ2) is 5.61. The second-order valence-electron chi connectivity index (χ2n) is 4.82. The molecule has 1 aromatic carbocycles. The number of hydrogen-bond donors (Lipinski definition) is 1.